The number of hydrogen-bond acceptors (Lipinski definition) is 4. The predicted molar refractivity (Wildman–Crippen MR) is 101 cm³/mol. The second kappa shape index (κ2) is 7.87. The van der Waals surface area contributed by atoms with Gasteiger partial charge in [0.15, 0.2) is 11.5 Å². The van der Waals surface area contributed by atoms with E-state index in [1.165, 1.54) is 0 Å². The molecule has 1 saturated heterocycles. The lowest BCUT2D eigenvalue weighted by Crippen LogP contribution is -2.44. The largest absolute Gasteiger partial charge is 0.490 e. The van der Waals surface area contributed by atoms with Gasteiger partial charge in [0.25, 0.3) is 5.91 Å². The number of amides is 1. The van der Waals surface area contributed by atoms with Crippen LogP contribution in [-0.4, -0.2) is 47.8 Å². The van der Waals surface area contributed by atoms with Gasteiger partial charge in [0, 0.05) is 24.6 Å². The molecule has 0 unspecified atom stereocenters. The topological polar surface area (TPSA) is 59.0 Å². The molecule has 0 aromatic heterocycles. The molecular formula is C21H31NO4. The van der Waals surface area contributed by atoms with Crippen molar-refractivity contribution in [1.29, 1.82) is 0 Å². The summed E-state index contributed by atoms with van der Waals surface area (Å²) in [7, 11) is 0. The zero-order valence-electron chi connectivity index (χ0n) is 16.2. The number of nitrogens with zero attached hydrogens (tertiary/aromatic N) is 1. The van der Waals surface area contributed by atoms with Crippen molar-refractivity contribution in [3.63, 3.8) is 0 Å². The van der Waals surface area contributed by atoms with Crippen LogP contribution in [-0.2, 0) is 0 Å². The molecule has 3 rings (SSSR count). The van der Waals surface area contributed by atoms with Crippen molar-refractivity contribution < 1.29 is 19.4 Å². The van der Waals surface area contributed by atoms with E-state index in [9.17, 15) is 9.90 Å². The van der Waals surface area contributed by atoms with Crippen LogP contribution in [0, 0.1) is 11.8 Å². The fourth-order valence-electron chi connectivity index (χ4n) is 4.60. The molecular weight excluding hydrogens is 330 g/mol. The number of ether oxygens (including phenoxy) is 2. The van der Waals surface area contributed by atoms with Gasteiger partial charge < -0.3 is 19.5 Å². The van der Waals surface area contributed by atoms with E-state index in [1.807, 2.05) is 37.8 Å². The number of hydrogen-bond donors (Lipinski definition) is 1. The zero-order chi connectivity index (χ0) is 18.7. The van der Waals surface area contributed by atoms with Crippen LogP contribution in [0.25, 0.3) is 0 Å². The molecule has 3 atom stereocenters. The number of benzene rings is 1. The van der Waals surface area contributed by atoms with Crippen LogP contribution in [0.5, 0.6) is 11.5 Å². The van der Waals surface area contributed by atoms with E-state index in [2.05, 4.69) is 0 Å². The van der Waals surface area contributed by atoms with Crippen LogP contribution >= 0.6 is 0 Å². The van der Waals surface area contributed by atoms with Gasteiger partial charge >= 0.3 is 0 Å². The lowest BCUT2D eigenvalue weighted by Gasteiger charge is -2.40. The fraction of sp³-hybridized carbons (Fsp3) is 0.667. The highest BCUT2D eigenvalue weighted by molar-refractivity contribution is 5.95. The SMILES string of the molecule is CCOc1ccc(C(=O)N2C[C@H]3CCC[C@](O)(CC)[C@H]3C2)cc1OCC. The molecule has 5 heteroatoms. The van der Waals surface area contributed by atoms with Gasteiger partial charge in [-0.05, 0) is 57.2 Å². The molecule has 5 nitrogen and oxygen atoms in total. The van der Waals surface area contributed by atoms with Crippen molar-refractivity contribution >= 4 is 5.91 Å². The maximum absolute atomic E-state index is 13.1. The van der Waals surface area contributed by atoms with E-state index < -0.39 is 5.60 Å². The van der Waals surface area contributed by atoms with E-state index in [4.69, 9.17) is 9.47 Å². The first-order valence-corrected chi connectivity index (χ1v) is 9.93. The lowest BCUT2D eigenvalue weighted by molar-refractivity contribution is -0.0609. The van der Waals surface area contributed by atoms with Crippen LogP contribution in [0.4, 0.5) is 0 Å². The summed E-state index contributed by atoms with van der Waals surface area (Å²) >= 11 is 0. The Balaban J connectivity index is 1.78. The number of carbonyl (C=O) groups is 1. The van der Waals surface area contributed by atoms with Gasteiger partial charge in [-0.25, -0.2) is 0 Å². The van der Waals surface area contributed by atoms with Crippen molar-refractivity contribution in [2.24, 2.45) is 11.8 Å². The van der Waals surface area contributed by atoms with E-state index >= 15 is 0 Å². The third kappa shape index (κ3) is 3.54. The first-order chi connectivity index (χ1) is 12.5. The Morgan fingerprint density at radius 2 is 1.92 bits per heavy atom. The molecule has 0 bridgehead atoms. The highest BCUT2D eigenvalue weighted by Gasteiger charge is 2.48. The Labute approximate surface area is 156 Å². The average Bonchev–Trinajstić information content (AvgIpc) is 3.09. The van der Waals surface area contributed by atoms with Crippen LogP contribution < -0.4 is 9.47 Å². The van der Waals surface area contributed by atoms with E-state index in [1.54, 1.807) is 6.07 Å². The first kappa shape index (κ1) is 19.0. The lowest BCUT2D eigenvalue weighted by atomic mass is 9.69. The first-order valence-electron chi connectivity index (χ1n) is 9.93. The predicted octanol–water partition coefficient (Wildman–Crippen LogP) is 3.50. The van der Waals surface area contributed by atoms with Crippen molar-refractivity contribution in [1.82, 2.24) is 4.90 Å². The number of fused-ring (bicyclic) bond motifs is 1. The summed E-state index contributed by atoms with van der Waals surface area (Å²) in [6.45, 7) is 8.35. The van der Waals surface area contributed by atoms with Gasteiger partial charge in [0.05, 0.1) is 18.8 Å². The summed E-state index contributed by atoms with van der Waals surface area (Å²) < 4.78 is 11.2. The molecule has 1 amide bonds. The summed E-state index contributed by atoms with van der Waals surface area (Å²) in [5, 5.41) is 11.0. The minimum atomic E-state index is -0.618. The Bertz CT molecular complexity index is 647. The second-order valence-electron chi connectivity index (χ2n) is 7.45. The number of aliphatic hydroxyl groups is 1. The van der Waals surface area contributed by atoms with E-state index in [-0.39, 0.29) is 11.8 Å². The van der Waals surface area contributed by atoms with Gasteiger partial charge in [-0.2, -0.15) is 0 Å². The monoisotopic (exact) mass is 361 g/mol. The van der Waals surface area contributed by atoms with Crippen molar-refractivity contribution in [2.75, 3.05) is 26.3 Å². The fourth-order valence-corrected chi connectivity index (χ4v) is 4.60. The maximum atomic E-state index is 13.1. The second-order valence-corrected chi connectivity index (χ2v) is 7.45. The molecule has 26 heavy (non-hydrogen) atoms. The van der Waals surface area contributed by atoms with Crippen molar-refractivity contribution in [3.05, 3.63) is 23.8 Å². The summed E-state index contributed by atoms with van der Waals surface area (Å²) in [5.41, 5.74) is 0.00311. The van der Waals surface area contributed by atoms with Gasteiger partial charge in [-0.3, -0.25) is 4.79 Å². The maximum Gasteiger partial charge on any atom is 0.254 e. The summed E-state index contributed by atoms with van der Waals surface area (Å²) in [5.74, 6) is 1.90. The summed E-state index contributed by atoms with van der Waals surface area (Å²) in [6.07, 6.45) is 3.76. The Morgan fingerprint density at radius 1 is 1.19 bits per heavy atom. The van der Waals surface area contributed by atoms with Gasteiger partial charge in [0.2, 0.25) is 0 Å². The van der Waals surface area contributed by atoms with Crippen LogP contribution in [0.15, 0.2) is 18.2 Å². The molecule has 144 valence electrons. The molecule has 1 heterocycles. The smallest absolute Gasteiger partial charge is 0.254 e. The molecule has 1 aromatic rings. The summed E-state index contributed by atoms with van der Waals surface area (Å²) in [4.78, 5) is 15.0. The van der Waals surface area contributed by atoms with Crippen molar-refractivity contribution in [2.45, 2.75) is 52.1 Å². The molecule has 1 aliphatic heterocycles. The minimum absolute atomic E-state index is 0.0156. The van der Waals surface area contributed by atoms with Crippen molar-refractivity contribution in [3.8, 4) is 11.5 Å². The quantitative estimate of drug-likeness (QED) is 0.842. The highest BCUT2D eigenvalue weighted by atomic mass is 16.5. The molecule has 2 fully saturated rings. The highest BCUT2D eigenvalue weighted by Crippen LogP contribution is 2.44. The summed E-state index contributed by atoms with van der Waals surface area (Å²) in [6, 6.07) is 5.40. The molecule has 0 radical (unpaired) electrons. The number of carbonyl (C=O) groups excluding carboxylic acids is 1. The van der Waals surface area contributed by atoms with Gasteiger partial charge in [0.1, 0.15) is 0 Å². The molecule has 2 aliphatic rings. The zero-order valence-corrected chi connectivity index (χ0v) is 16.2. The Kier molecular flexibility index (Phi) is 5.76. The third-order valence-electron chi connectivity index (χ3n) is 6.01. The van der Waals surface area contributed by atoms with E-state index in [0.717, 1.165) is 32.2 Å². The molecule has 1 N–H and O–H groups in total. The Morgan fingerprint density at radius 3 is 2.62 bits per heavy atom. The van der Waals surface area contributed by atoms with Gasteiger partial charge in [-0.1, -0.05) is 13.3 Å². The standard InChI is InChI=1S/C21H31NO4/c1-4-21(24)11-7-8-16-13-22(14-17(16)21)20(23)15-9-10-18(25-5-2)19(12-15)26-6-3/h9-10,12,16-17,24H,4-8,11,13-14H2,1-3H3/t16-,17+,21-/m1/s1. The number of rotatable bonds is 6. The molecule has 1 aromatic carbocycles. The minimum Gasteiger partial charge on any atom is -0.490 e. The molecule has 1 saturated carbocycles. The third-order valence-corrected chi connectivity index (χ3v) is 6.01. The van der Waals surface area contributed by atoms with Crippen LogP contribution in [0.1, 0.15) is 56.8 Å². The van der Waals surface area contributed by atoms with Crippen LogP contribution in [0.3, 0.4) is 0 Å². The van der Waals surface area contributed by atoms with Crippen LogP contribution in [0.2, 0.25) is 0 Å². The average molecular weight is 361 g/mol. The van der Waals surface area contributed by atoms with E-state index in [0.29, 0.717) is 42.7 Å². The normalized spacial score (nSPS) is 27.9. The number of likely N-dealkylation sites (tertiary alicyclic amines) is 1. The molecule has 1 aliphatic carbocycles. The van der Waals surface area contributed by atoms with Gasteiger partial charge in [-0.15, -0.1) is 0 Å². The Hall–Kier alpha value is -1.75. The molecule has 0 spiro atoms.